The van der Waals surface area contributed by atoms with E-state index in [-0.39, 0.29) is 5.91 Å². The van der Waals surface area contributed by atoms with Crippen molar-refractivity contribution in [2.24, 2.45) is 0 Å². The molecule has 0 saturated carbocycles. The van der Waals surface area contributed by atoms with Gasteiger partial charge in [-0.25, -0.2) is 0 Å². The van der Waals surface area contributed by atoms with Crippen molar-refractivity contribution in [2.45, 2.75) is 39.2 Å². The van der Waals surface area contributed by atoms with Gasteiger partial charge in [0.15, 0.2) is 0 Å². The molecule has 3 heteroatoms. The Bertz CT molecular complexity index is 365. The minimum atomic E-state index is 0.231. The largest absolute Gasteiger partial charge is 0.341 e. The third-order valence-electron chi connectivity index (χ3n) is 2.79. The number of benzene rings is 1. The summed E-state index contributed by atoms with van der Waals surface area (Å²) in [7, 11) is 1.87. The van der Waals surface area contributed by atoms with E-state index in [2.05, 4.69) is 22.9 Å². The number of unbranched alkanes of at least 4 members (excludes halogenated alkanes) is 2. The molecule has 1 aromatic rings. The molecule has 94 valence electrons. The van der Waals surface area contributed by atoms with Crippen molar-refractivity contribution in [2.75, 3.05) is 7.05 Å². The smallest absolute Gasteiger partial charge is 0.222 e. The summed E-state index contributed by atoms with van der Waals surface area (Å²) in [5.74, 6) is 0.231. The third-order valence-corrected chi connectivity index (χ3v) is 3.56. The molecule has 2 nitrogen and oxygen atoms in total. The number of nitrogens with zero attached hydrogens (tertiary/aromatic N) is 1. The lowest BCUT2D eigenvalue weighted by atomic mass is 10.1. The Morgan fingerprint density at radius 1 is 1.29 bits per heavy atom. The molecule has 0 bridgehead atoms. The lowest BCUT2D eigenvalue weighted by Crippen LogP contribution is -2.25. The van der Waals surface area contributed by atoms with Gasteiger partial charge in [0.1, 0.15) is 0 Å². The predicted octanol–water partition coefficient (Wildman–Crippen LogP) is 3.99. The van der Waals surface area contributed by atoms with Crippen molar-refractivity contribution in [3.05, 3.63) is 34.3 Å². The molecule has 0 radical (unpaired) electrons. The molecule has 0 aliphatic heterocycles. The molecule has 0 atom stereocenters. The normalized spacial score (nSPS) is 10.3. The Balaban J connectivity index is 2.46. The van der Waals surface area contributed by atoms with Gasteiger partial charge in [-0.3, -0.25) is 4.79 Å². The molecule has 0 aliphatic carbocycles. The lowest BCUT2D eigenvalue weighted by molar-refractivity contribution is -0.130. The molecular weight excluding hydrogens is 278 g/mol. The Labute approximate surface area is 112 Å². The van der Waals surface area contributed by atoms with Crippen LogP contribution in [-0.2, 0) is 11.3 Å². The summed E-state index contributed by atoms with van der Waals surface area (Å²) < 4.78 is 1.06. The van der Waals surface area contributed by atoms with Gasteiger partial charge < -0.3 is 4.90 Å². The van der Waals surface area contributed by atoms with Gasteiger partial charge in [-0.1, -0.05) is 53.9 Å². The van der Waals surface area contributed by atoms with Crippen molar-refractivity contribution in [1.82, 2.24) is 4.90 Å². The van der Waals surface area contributed by atoms with Gasteiger partial charge in [0.2, 0.25) is 5.91 Å². The van der Waals surface area contributed by atoms with E-state index in [4.69, 9.17) is 0 Å². The van der Waals surface area contributed by atoms with Crippen molar-refractivity contribution in [3.8, 4) is 0 Å². The summed E-state index contributed by atoms with van der Waals surface area (Å²) in [5.41, 5.74) is 1.15. The maximum atomic E-state index is 11.8. The maximum absolute atomic E-state index is 11.8. The zero-order valence-electron chi connectivity index (χ0n) is 10.6. The molecule has 0 fully saturated rings. The third kappa shape index (κ3) is 4.90. The van der Waals surface area contributed by atoms with Crippen molar-refractivity contribution in [1.29, 1.82) is 0 Å². The van der Waals surface area contributed by atoms with Crippen LogP contribution in [0.5, 0.6) is 0 Å². The van der Waals surface area contributed by atoms with Gasteiger partial charge in [-0.15, -0.1) is 0 Å². The highest BCUT2D eigenvalue weighted by Crippen LogP contribution is 2.17. The van der Waals surface area contributed by atoms with E-state index in [1.54, 1.807) is 4.90 Å². The van der Waals surface area contributed by atoms with E-state index in [1.807, 2.05) is 31.3 Å². The van der Waals surface area contributed by atoms with Crippen LogP contribution >= 0.6 is 15.9 Å². The molecule has 0 heterocycles. The monoisotopic (exact) mass is 297 g/mol. The number of halogens is 1. The number of carbonyl (C=O) groups is 1. The van der Waals surface area contributed by atoms with E-state index in [9.17, 15) is 4.79 Å². The highest BCUT2D eigenvalue weighted by atomic mass is 79.9. The first-order valence-electron chi connectivity index (χ1n) is 6.12. The standard InChI is InChI=1S/C14H20BrNO/c1-3-4-5-10-14(17)16(2)11-12-8-6-7-9-13(12)15/h6-9H,3-5,10-11H2,1-2H3. The molecule has 0 saturated heterocycles. The number of hydrogen-bond acceptors (Lipinski definition) is 1. The van der Waals surface area contributed by atoms with E-state index in [0.717, 1.165) is 29.3 Å². The van der Waals surface area contributed by atoms with Crippen molar-refractivity contribution >= 4 is 21.8 Å². The van der Waals surface area contributed by atoms with Gasteiger partial charge in [0, 0.05) is 24.5 Å². The van der Waals surface area contributed by atoms with E-state index >= 15 is 0 Å². The fourth-order valence-corrected chi connectivity index (χ4v) is 2.10. The van der Waals surface area contributed by atoms with Gasteiger partial charge in [-0.05, 0) is 18.1 Å². The van der Waals surface area contributed by atoms with Crippen LogP contribution in [0, 0.1) is 0 Å². The number of amides is 1. The Kier molecular flexibility index (Phi) is 6.27. The molecule has 1 rings (SSSR count). The Morgan fingerprint density at radius 3 is 2.65 bits per heavy atom. The average Bonchev–Trinajstić information content (AvgIpc) is 2.32. The summed E-state index contributed by atoms with van der Waals surface area (Å²) in [4.78, 5) is 13.6. The topological polar surface area (TPSA) is 20.3 Å². The fraction of sp³-hybridized carbons (Fsp3) is 0.500. The average molecular weight is 298 g/mol. The second kappa shape index (κ2) is 7.49. The van der Waals surface area contributed by atoms with Gasteiger partial charge in [-0.2, -0.15) is 0 Å². The Hall–Kier alpha value is -0.830. The van der Waals surface area contributed by atoms with Crippen LogP contribution in [0.4, 0.5) is 0 Å². The zero-order valence-corrected chi connectivity index (χ0v) is 12.2. The zero-order chi connectivity index (χ0) is 12.7. The summed E-state index contributed by atoms with van der Waals surface area (Å²) in [6.45, 7) is 2.82. The SMILES string of the molecule is CCCCCC(=O)N(C)Cc1ccccc1Br. The second-order valence-corrected chi connectivity index (χ2v) is 5.15. The van der Waals surface area contributed by atoms with E-state index < -0.39 is 0 Å². The highest BCUT2D eigenvalue weighted by molar-refractivity contribution is 9.10. The van der Waals surface area contributed by atoms with Gasteiger partial charge in [0.25, 0.3) is 0 Å². The lowest BCUT2D eigenvalue weighted by Gasteiger charge is -2.18. The van der Waals surface area contributed by atoms with Crippen LogP contribution in [-0.4, -0.2) is 17.9 Å². The van der Waals surface area contributed by atoms with Crippen LogP contribution in [0.2, 0.25) is 0 Å². The molecule has 0 aromatic heterocycles. The summed E-state index contributed by atoms with van der Waals surface area (Å²) >= 11 is 3.50. The van der Waals surface area contributed by atoms with Crippen molar-refractivity contribution < 1.29 is 4.79 Å². The van der Waals surface area contributed by atoms with Gasteiger partial charge in [0.05, 0.1) is 0 Å². The van der Waals surface area contributed by atoms with Crippen LogP contribution < -0.4 is 0 Å². The first-order valence-corrected chi connectivity index (χ1v) is 6.91. The molecule has 1 amide bonds. The number of rotatable bonds is 6. The van der Waals surface area contributed by atoms with E-state index in [0.29, 0.717) is 13.0 Å². The summed E-state index contributed by atoms with van der Waals surface area (Å²) in [5, 5.41) is 0. The Morgan fingerprint density at radius 2 is 2.00 bits per heavy atom. The minimum absolute atomic E-state index is 0.231. The predicted molar refractivity (Wildman–Crippen MR) is 74.8 cm³/mol. The highest BCUT2D eigenvalue weighted by Gasteiger charge is 2.09. The molecule has 0 N–H and O–H groups in total. The van der Waals surface area contributed by atoms with Crippen molar-refractivity contribution in [3.63, 3.8) is 0 Å². The van der Waals surface area contributed by atoms with E-state index in [1.165, 1.54) is 0 Å². The molecule has 1 aromatic carbocycles. The minimum Gasteiger partial charge on any atom is -0.341 e. The first-order chi connectivity index (χ1) is 8.15. The maximum Gasteiger partial charge on any atom is 0.222 e. The summed E-state index contributed by atoms with van der Waals surface area (Å²) in [6.07, 6.45) is 3.94. The van der Waals surface area contributed by atoms with Crippen LogP contribution in [0.15, 0.2) is 28.7 Å². The number of carbonyl (C=O) groups excluding carboxylic acids is 1. The van der Waals surface area contributed by atoms with Crippen LogP contribution in [0.3, 0.4) is 0 Å². The quantitative estimate of drug-likeness (QED) is 0.727. The molecule has 17 heavy (non-hydrogen) atoms. The molecule has 0 spiro atoms. The molecule has 0 aliphatic rings. The van der Waals surface area contributed by atoms with Gasteiger partial charge >= 0.3 is 0 Å². The molecular formula is C14H20BrNO. The second-order valence-electron chi connectivity index (χ2n) is 4.30. The fourth-order valence-electron chi connectivity index (χ4n) is 1.69. The summed E-state index contributed by atoms with van der Waals surface area (Å²) in [6, 6.07) is 8.02. The van der Waals surface area contributed by atoms with Crippen LogP contribution in [0.1, 0.15) is 38.2 Å². The van der Waals surface area contributed by atoms with Crippen LogP contribution in [0.25, 0.3) is 0 Å². The number of hydrogen-bond donors (Lipinski definition) is 0. The first kappa shape index (κ1) is 14.2. The molecule has 0 unspecified atom stereocenters.